The van der Waals surface area contributed by atoms with Crippen molar-refractivity contribution in [2.75, 3.05) is 0 Å². The van der Waals surface area contributed by atoms with E-state index in [1.807, 2.05) is 30.3 Å². The molecule has 0 fully saturated rings. The summed E-state index contributed by atoms with van der Waals surface area (Å²) in [5.74, 6) is 0. The second-order valence-corrected chi connectivity index (χ2v) is 6.96. The van der Waals surface area contributed by atoms with Gasteiger partial charge in [0.25, 0.3) is 0 Å². The molecule has 0 amide bonds. The first-order valence-electron chi connectivity index (χ1n) is 5.19. The van der Waals surface area contributed by atoms with Crippen molar-refractivity contribution >= 4 is 29.9 Å². The molecule has 92 valence electrons. The van der Waals surface area contributed by atoms with Gasteiger partial charge in [-0.1, -0.05) is 0 Å². The minimum absolute atomic E-state index is 0.0341. The van der Waals surface area contributed by atoms with Crippen molar-refractivity contribution in [3.05, 3.63) is 54.6 Å². The molecule has 0 atom stereocenters. The third-order valence-electron chi connectivity index (χ3n) is 2.22. The molecule has 6 heteroatoms. The van der Waals surface area contributed by atoms with Gasteiger partial charge in [-0.05, 0) is 0 Å². The average molecular weight is 306 g/mol. The van der Waals surface area contributed by atoms with E-state index in [1.54, 1.807) is 0 Å². The Balaban J connectivity index is 2.17. The average Bonchev–Trinajstić information content (AvgIpc) is 2.37. The maximum atomic E-state index is 11.0. The first kappa shape index (κ1) is 12.8. The maximum absolute atomic E-state index is 11.0. The normalized spacial score (nSPS) is 11.9. The second-order valence-electron chi connectivity index (χ2n) is 3.60. The molecular weight excluding hydrogens is 295 g/mol. The van der Waals surface area contributed by atoms with Gasteiger partial charge in [-0.2, -0.15) is 0 Å². The van der Waals surface area contributed by atoms with Gasteiger partial charge >= 0.3 is 107 Å². The molecular formula is C12H11AsN2O3. The van der Waals surface area contributed by atoms with E-state index in [9.17, 15) is 3.74 Å². The number of hydrogen-bond donors (Lipinski definition) is 2. The Hall–Kier alpha value is -1.68. The predicted octanol–water partition coefficient (Wildman–Crippen LogP) is 1.66. The molecule has 2 N–H and O–H groups in total. The Morgan fingerprint density at radius 1 is 0.778 bits per heavy atom. The van der Waals surface area contributed by atoms with Gasteiger partial charge in [-0.3, -0.25) is 0 Å². The van der Waals surface area contributed by atoms with Crippen LogP contribution in [0.5, 0.6) is 0 Å². The van der Waals surface area contributed by atoms with Gasteiger partial charge in [0.1, 0.15) is 0 Å². The molecule has 0 saturated heterocycles. The molecule has 18 heavy (non-hydrogen) atoms. The summed E-state index contributed by atoms with van der Waals surface area (Å²) in [4.78, 5) is 0. The first-order chi connectivity index (χ1) is 8.55. The van der Waals surface area contributed by atoms with E-state index >= 15 is 0 Å². The van der Waals surface area contributed by atoms with Crippen molar-refractivity contribution in [3.8, 4) is 0 Å². The molecule has 2 aromatic rings. The third kappa shape index (κ3) is 3.40. The fourth-order valence-electron chi connectivity index (χ4n) is 1.32. The summed E-state index contributed by atoms with van der Waals surface area (Å²) in [6.45, 7) is 0. The van der Waals surface area contributed by atoms with Crippen LogP contribution in [0.15, 0.2) is 64.8 Å². The zero-order valence-electron chi connectivity index (χ0n) is 9.34. The quantitative estimate of drug-likeness (QED) is 0.668. The summed E-state index contributed by atoms with van der Waals surface area (Å²) < 4.78 is 29.1. The molecule has 0 aliphatic carbocycles. The zero-order chi connectivity index (χ0) is 13.0. The van der Waals surface area contributed by atoms with E-state index in [0.717, 1.165) is 5.69 Å². The standard InChI is InChI=1S/C12H11AsN2O3/c16-13(17,18)10-6-8-12(9-7-10)15-14-11-4-2-1-3-5-11/h1-9H,(H2,16,17,18)/b15-14+. The molecule has 0 heterocycles. The Morgan fingerprint density at radius 3 is 1.78 bits per heavy atom. The van der Waals surface area contributed by atoms with Gasteiger partial charge in [0.15, 0.2) is 0 Å². The summed E-state index contributed by atoms with van der Waals surface area (Å²) in [5.41, 5.74) is 1.27. The number of nitrogens with zero attached hydrogens (tertiary/aromatic N) is 2. The number of rotatable bonds is 3. The van der Waals surface area contributed by atoms with Gasteiger partial charge in [0.2, 0.25) is 0 Å². The van der Waals surface area contributed by atoms with Gasteiger partial charge in [0.05, 0.1) is 0 Å². The van der Waals surface area contributed by atoms with E-state index in [-0.39, 0.29) is 4.35 Å². The summed E-state index contributed by atoms with van der Waals surface area (Å²) in [6, 6.07) is 15.0. The van der Waals surface area contributed by atoms with Crippen LogP contribution in [-0.4, -0.2) is 22.4 Å². The van der Waals surface area contributed by atoms with Crippen molar-refractivity contribution in [2.24, 2.45) is 10.2 Å². The molecule has 2 rings (SSSR count). The number of hydrogen-bond acceptors (Lipinski definition) is 3. The Labute approximate surface area is 107 Å². The molecule has 0 saturated carbocycles. The van der Waals surface area contributed by atoms with Crippen molar-refractivity contribution in [3.63, 3.8) is 0 Å². The van der Waals surface area contributed by atoms with Crippen LogP contribution < -0.4 is 4.35 Å². The summed E-state index contributed by atoms with van der Waals surface area (Å²) in [6.07, 6.45) is 0. The summed E-state index contributed by atoms with van der Waals surface area (Å²) >= 11 is -4.80. The van der Waals surface area contributed by atoms with E-state index < -0.39 is 14.2 Å². The van der Waals surface area contributed by atoms with Crippen molar-refractivity contribution in [1.82, 2.24) is 0 Å². The molecule has 5 nitrogen and oxygen atoms in total. The van der Waals surface area contributed by atoms with E-state index in [1.165, 1.54) is 24.3 Å². The van der Waals surface area contributed by atoms with E-state index in [4.69, 9.17) is 8.19 Å². The summed E-state index contributed by atoms with van der Waals surface area (Å²) in [7, 11) is 0. The van der Waals surface area contributed by atoms with Crippen LogP contribution in [0.2, 0.25) is 0 Å². The predicted molar refractivity (Wildman–Crippen MR) is 67.6 cm³/mol. The second kappa shape index (κ2) is 5.31. The topological polar surface area (TPSA) is 82.2 Å². The Bertz CT molecular complexity index is 590. The fraction of sp³-hybridized carbons (Fsp3) is 0. The number of benzene rings is 2. The molecule has 0 radical (unpaired) electrons. The van der Waals surface area contributed by atoms with E-state index in [0.29, 0.717) is 5.69 Å². The van der Waals surface area contributed by atoms with Crippen molar-refractivity contribution in [1.29, 1.82) is 0 Å². The van der Waals surface area contributed by atoms with Gasteiger partial charge in [-0.25, -0.2) is 0 Å². The molecule has 0 aromatic heterocycles. The first-order valence-corrected chi connectivity index (χ1v) is 8.57. The van der Waals surface area contributed by atoms with Crippen molar-refractivity contribution in [2.45, 2.75) is 0 Å². The molecule has 0 unspecified atom stereocenters. The zero-order valence-corrected chi connectivity index (χ0v) is 11.2. The number of azo groups is 1. The Morgan fingerprint density at radius 2 is 1.28 bits per heavy atom. The SMILES string of the molecule is O=[As](O)(O)c1ccc(/N=N/c2ccccc2)cc1. The van der Waals surface area contributed by atoms with Crippen LogP contribution in [0.25, 0.3) is 0 Å². The Kier molecular flexibility index (Phi) is 3.77. The van der Waals surface area contributed by atoms with Crippen LogP contribution in [0.4, 0.5) is 11.4 Å². The molecule has 0 spiro atoms. The van der Waals surface area contributed by atoms with Crippen LogP contribution >= 0.6 is 0 Å². The summed E-state index contributed by atoms with van der Waals surface area (Å²) in [5, 5.41) is 7.98. The van der Waals surface area contributed by atoms with Crippen LogP contribution in [0, 0.1) is 0 Å². The van der Waals surface area contributed by atoms with Crippen LogP contribution in [0.1, 0.15) is 0 Å². The fourth-order valence-corrected chi connectivity index (χ4v) is 2.45. The van der Waals surface area contributed by atoms with E-state index in [2.05, 4.69) is 10.2 Å². The van der Waals surface area contributed by atoms with Crippen LogP contribution in [-0.2, 0) is 3.74 Å². The molecule has 2 aromatic carbocycles. The monoisotopic (exact) mass is 306 g/mol. The van der Waals surface area contributed by atoms with Crippen molar-refractivity contribution < 1.29 is 11.9 Å². The molecule has 0 aliphatic rings. The molecule has 0 bridgehead atoms. The van der Waals surface area contributed by atoms with Gasteiger partial charge < -0.3 is 0 Å². The van der Waals surface area contributed by atoms with Crippen LogP contribution in [0.3, 0.4) is 0 Å². The third-order valence-corrected chi connectivity index (χ3v) is 4.26. The van der Waals surface area contributed by atoms with Gasteiger partial charge in [0, 0.05) is 0 Å². The van der Waals surface area contributed by atoms with Gasteiger partial charge in [-0.15, -0.1) is 0 Å². The minimum atomic E-state index is -4.80. The molecule has 0 aliphatic heterocycles.